The van der Waals surface area contributed by atoms with E-state index >= 15 is 0 Å². The van der Waals surface area contributed by atoms with Crippen molar-refractivity contribution >= 4 is 15.8 Å². The number of benzene rings is 1. The molecule has 0 aliphatic carbocycles. The highest BCUT2D eigenvalue weighted by Crippen LogP contribution is 2.31. The Hall–Kier alpha value is -1.56. The van der Waals surface area contributed by atoms with Crippen LogP contribution in [0.5, 0.6) is 5.75 Å². The lowest BCUT2D eigenvalue weighted by Gasteiger charge is -2.24. The van der Waals surface area contributed by atoms with E-state index < -0.39 is 21.9 Å². The molecule has 0 amide bonds. The van der Waals surface area contributed by atoms with Gasteiger partial charge in [0.25, 0.3) is 0 Å². The molecule has 16 heavy (non-hydrogen) atoms. The van der Waals surface area contributed by atoms with Crippen molar-refractivity contribution in [3.63, 3.8) is 0 Å². The minimum Gasteiger partial charge on any atom is -0.487 e. The Labute approximate surface area is 92.6 Å². The zero-order valence-corrected chi connectivity index (χ0v) is 9.11. The Balaban J connectivity index is 2.37. The number of fused-ring (bicyclic) bond motifs is 1. The van der Waals surface area contributed by atoms with Crippen molar-refractivity contribution in [2.45, 2.75) is 17.4 Å². The van der Waals surface area contributed by atoms with Crippen LogP contribution in [0.1, 0.15) is 6.42 Å². The van der Waals surface area contributed by atoms with E-state index in [1.165, 1.54) is 12.1 Å². The van der Waals surface area contributed by atoms with Gasteiger partial charge in [0.2, 0.25) is 0 Å². The number of para-hydroxylation sites is 1. The minimum absolute atomic E-state index is 0.136. The first-order chi connectivity index (χ1) is 7.49. The van der Waals surface area contributed by atoms with Crippen molar-refractivity contribution in [3.05, 3.63) is 24.3 Å². The summed E-state index contributed by atoms with van der Waals surface area (Å²) in [6.07, 6.45) is -1.12. The molecule has 1 aliphatic heterocycles. The lowest BCUT2D eigenvalue weighted by atomic mass is 10.2. The predicted octanol–water partition coefficient (Wildman–Crippen LogP) is 0.696. The Kier molecular flexibility index (Phi) is 2.59. The molecule has 86 valence electrons. The summed E-state index contributed by atoms with van der Waals surface area (Å²) in [5.41, 5.74) is 0. The normalized spacial score (nSPS) is 21.9. The van der Waals surface area contributed by atoms with Crippen molar-refractivity contribution < 1.29 is 23.1 Å². The topological polar surface area (TPSA) is 80.7 Å². The number of aliphatic carboxylic acids is 1. The van der Waals surface area contributed by atoms with Crippen LogP contribution in [0.3, 0.4) is 0 Å². The monoisotopic (exact) mass is 242 g/mol. The second kappa shape index (κ2) is 3.79. The van der Waals surface area contributed by atoms with E-state index in [2.05, 4.69) is 0 Å². The number of carboxylic acids is 1. The summed E-state index contributed by atoms with van der Waals surface area (Å²) >= 11 is 0. The second-order valence-corrected chi connectivity index (χ2v) is 5.57. The molecule has 0 bridgehead atoms. The van der Waals surface area contributed by atoms with E-state index in [1.807, 2.05) is 0 Å². The van der Waals surface area contributed by atoms with Gasteiger partial charge in [-0.15, -0.1) is 0 Å². The van der Waals surface area contributed by atoms with Crippen LogP contribution in [0.15, 0.2) is 29.2 Å². The SMILES string of the molecule is O=C(O)C[C@H]1CS(=O)(=O)c2ccccc2O1. The molecule has 5 nitrogen and oxygen atoms in total. The summed E-state index contributed by atoms with van der Waals surface area (Å²) in [5, 5.41) is 8.61. The van der Waals surface area contributed by atoms with Gasteiger partial charge in [-0.1, -0.05) is 12.1 Å². The minimum atomic E-state index is -3.43. The van der Waals surface area contributed by atoms with Crippen LogP contribution in [-0.2, 0) is 14.6 Å². The van der Waals surface area contributed by atoms with E-state index in [4.69, 9.17) is 9.84 Å². The van der Waals surface area contributed by atoms with Crippen LogP contribution in [0, 0.1) is 0 Å². The highest BCUT2D eigenvalue weighted by atomic mass is 32.2. The molecule has 6 heteroatoms. The smallest absolute Gasteiger partial charge is 0.307 e. The van der Waals surface area contributed by atoms with Crippen LogP contribution in [0.4, 0.5) is 0 Å². The zero-order valence-electron chi connectivity index (χ0n) is 8.29. The van der Waals surface area contributed by atoms with Gasteiger partial charge in [-0.05, 0) is 12.1 Å². The van der Waals surface area contributed by atoms with Gasteiger partial charge in [-0.25, -0.2) is 8.42 Å². The first-order valence-electron chi connectivity index (χ1n) is 4.69. The maximum Gasteiger partial charge on any atom is 0.307 e. The van der Waals surface area contributed by atoms with Crippen molar-refractivity contribution in [1.29, 1.82) is 0 Å². The van der Waals surface area contributed by atoms with Gasteiger partial charge in [0.15, 0.2) is 9.84 Å². The number of carbonyl (C=O) groups is 1. The summed E-state index contributed by atoms with van der Waals surface area (Å²) in [6, 6.07) is 6.25. The van der Waals surface area contributed by atoms with E-state index in [0.717, 1.165) is 0 Å². The molecule has 1 aliphatic rings. The molecule has 1 heterocycles. The van der Waals surface area contributed by atoms with Crippen LogP contribution >= 0.6 is 0 Å². The van der Waals surface area contributed by atoms with Gasteiger partial charge in [-0.3, -0.25) is 4.79 Å². The van der Waals surface area contributed by atoms with E-state index in [-0.39, 0.29) is 22.8 Å². The summed E-state index contributed by atoms with van der Waals surface area (Å²) < 4.78 is 28.9. The quantitative estimate of drug-likeness (QED) is 0.825. The van der Waals surface area contributed by atoms with Gasteiger partial charge in [0.1, 0.15) is 16.7 Å². The molecule has 0 aromatic heterocycles. The van der Waals surface area contributed by atoms with Crippen LogP contribution in [0.25, 0.3) is 0 Å². The fraction of sp³-hybridized carbons (Fsp3) is 0.300. The van der Waals surface area contributed by atoms with E-state index in [9.17, 15) is 13.2 Å². The first-order valence-corrected chi connectivity index (χ1v) is 6.34. The summed E-state index contributed by atoms with van der Waals surface area (Å²) in [6.45, 7) is 0. The second-order valence-electron chi connectivity index (χ2n) is 3.57. The lowest BCUT2D eigenvalue weighted by Crippen LogP contribution is -2.33. The highest BCUT2D eigenvalue weighted by molar-refractivity contribution is 7.91. The van der Waals surface area contributed by atoms with Crippen molar-refractivity contribution in [2.75, 3.05) is 5.75 Å². The molecule has 0 radical (unpaired) electrons. The first kappa shape index (κ1) is 10.9. The molecular weight excluding hydrogens is 232 g/mol. The number of rotatable bonds is 2. The molecule has 1 aromatic rings. The number of sulfone groups is 1. The Morgan fingerprint density at radius 1 is 1.44 bits per heavy atom. The van der Waals surface area contributed by atoms with Crippen LogP contribution < -0.4 is 4.74 Å². The number of hydrogen-bond acceptors (Lipinski definition) is 4. The van der Waals surface area contributed by atoms with Gasteiger partial charge in [0.05, 0.1) is 12.2 Å². The predicted molar refractivity (Wildman–Crippen MR) is 55.2 cm³/mol. The van der Waals surface area contributed by atoms with Gasteiger partial charge < -0.3 is 9.84 Å². The molecule has 2 rings (SSSR count). The molecular formula is C10H10O5S. The fourth-order valence-electron chi connectivity index (χ4n) is 1.65. The number of ether oxygens (including phenoxy) is 1. The molecule has 0 saturated heterocycles. The van der Waals surface area contributed by atoms with Crippen LogP contribution in [-0.4, -0.2) is 31.4 Å². The third kappa shape index (κ3) is 2.01. The molecule has 0 unspecified atom stereocenters. The Morgan fingerprint density at radius 2 is 2.12 bits per heavy atom. The van der Waals surface area contributed by atoms with Crippen LogP contribution in [0.2, 0.25) is 0 Å². The molecule has 1 atom stereocenters. The van der Waals surface area contributed by atoms with E-state index in [0.29, 0.717) is 0 Å². The molecule has 0 saturated carbocycles. The summed E-state index contributed by atoms with van der Waals surface area (Å²) in [4.78, 5) is 10.7. The largest absolute Gasteiger partial charge is 0.487 e. The molecule has 0 fully saturated rings. The Morgan fingerprint density at radius 3 is 2.81 bits per heavy atom. The number of carboxylic acid groups (broad SMARTS) is 1. The van der Waals surface area contributed by atoms with E-state index in [1.54, 1.807) is 12.1 Å². The maximum atomic E-state index is 11.8. The zero-order chi connectivity index (χ0) is 11.8. The third-order valence-electron chi connectivity index (χ3n) is 2.29. The van der Waals surface area contributed by atoms with Gasteiger partial charge in [-0.2, -0.15) is 0 Å². The standard InChI is InChI=1S/C10H10O5S/c11-10(12)5-7-6-16(13,14)9-4-2-1-3-8(9)15-7/h1-4,7H,5-6H2,(H,11,12)/t7-/m0/s1. The van der Waals surface area contributed by atoms with Gasteiger partial charge in [0, 0.05) is 0 Å². The molecule has 1 N–H and O–H groups in total. The molecule has 1 aromatic carbocycles. The van der Waals surface area contributed by atoms with Crippen molar-refractivity contribution in [2.24, 2.45) is 0 Å². The summed E-state index contributed by atoms with van der Waals surface area (Å²) in [7, 11) is -3.43. The highest BCUT2D eigenvalue weighted by Gasteiger charge is 2.32. The fourth-order valence-corrected chi connectivity index (χ4v) is 3.21. The Bertz CT molecular complexity index is 520. The summed E-state index contributed by atoms with van der Waals surface area (Å²) in [5.74, 6) is -1.12. The maximum absolute atomic E-state index is 11.8. The average Bonchev–Trinajstić information content (AvgIpc) is 2.15. The molecule has 0 spiro atoms. The van der Waals surface area contributed by atoms with Gasteiger partial charge >= 0.3 is 5.97 Å². The van der Waals surface area contributed by atoms with Crippen molar-refractivity contribution in [3.8, 4) is 5.75 Å². The third-order valence-corrected chi connectivity index (χ3v) is 4.10. The van der Waals surface area contributed by atoms with Crippen molar-refractivity contribution in [1.82, 2.24) is 0 Å². The lowest BCUT2D eigenvalue weighted by molar-refractivity contribution is -0.138. The number of hydrogen-bond donors (Lipinski definition) is 1. The average molecular weight is 242 g/mol.